The maximum Gasteiger partial charge on any atom is 0.170 e. The highest BCUT2D eigenvalue weighted by atomic mass is 32.1. The Morgan fingerprint density at radius 2 is 1.59 bits per heavy atom. The largest absolute Gasteiger partial charge is 0.493 e. The second-order valence-corrected chi connectivity index (χ2v) is 8.08. The second kappa shape index (κ2) is 9.39. The first-order valence-corrected chi connectivity index (χ1v) is 10.8. The van der Waals surface area contributed by atoms with Gasteiger partial charge in [-0.25, -0.2) is 4.98 Å². The van der Waals surface area contributed by atoms with Gasteiger partial charge in [0.15, 0.2) is 11.5 Å². The highest BCUT2D eigenvalue weighted by molar-refractivity contribution is 7.13. The summed E-state index contributed by atoms with van der Waals surface area (Å²) in [6.07, 6.45) is 0. The fourth-order valence-corrected chi connectivity index (χ4v) is 4.57. The molecule has 0 N–H and O–H groups in total. The van der Waals surface area contributed by atoms with Crippen LogP contribution in [0.2, 0.25) is 0 Å². The van der Waals surface area contributed by atoms with Crippen molar-refractivity contribution in [1.82, 2.24) is 14.8 Å². The Labute approximate surface area is 176 Å². The van der Waals surface area contributed by atoms with Crippen LogP contribution in [0.4, 0.5) is 0 Å². The summed E-state index contributed by atoms with van der Waals surface area (Å²) >= 11 is 1.66. The summed E-state index contributed by atoms with van der Waals surface area (Å²) in [5.41, 5.74) is 3.49. The third-order valence-electron chi connectivity index (χ3n) is 5.28. The van der Waals surface area contributed by atoms with Crippen LogP contribution in [0.1, 0.15) is 11.3 Å². The third-order valence-corrected chi connectivity index (χ3v) is 6.21. The van der Waals surface area contributed by atoms with Crippen molar-refractivity contribution in [3.05, 3.63) is 65.2 Å². The van der Waals surface area contributed by atoms with Crippen LogP contribution in [-0.4, -0.2) is 55.2 Å². The van der Waals surface area contributed by atoms with Crippen LogP contribution in [0.25, 0.3) is 10.6 Å². The van der Waals surface area contributed by atoms with E-state index < -0.39 is 0 Å². The molecule has 4 rings (SSSR count). The van der Waals surface area contributed by atoms with Gasteiger partial charge in [-0.3, -0.25) is 9.80 Å². The number of ether oxygens (including phenoxy) is 2. The lowest BCUT2D eigenvalue weighted by atomic mass is 10.2. The number of hydrogen-bond acceptors (Lipinski definition) is 6. The molecule has 1 saturated heterocycles. The van der Waals surface area contributed by atoms with Gasteiger partial charge in [-0.2, -0.15) is 0 Å². The average molecular weight is 410 g/mol. The van der Waals surface area contributed by atoms with Crippen molar-refractivity contribution in [3.63, 3.8) is 0 Å². The van der Waals surface area contributed by atoms with Crippen molar-refractivity contribution in [2.45, 2.75) is 13.1 Å². The molecule has 0 spiro atoms. The average Bonchev–Trinajstić information content (AvgIpc) is 3.23. The van der Waals surface area contributed by atoms with E-state index in [0.29, 0.717) is 0 Å². The lowest BCUT2D eigenvalue weighted by Gasteiger charge is -2.34. The topological polar surface area (TPSA) is 37.8 Å². The molecule has 3 aromatic rings. The fraction of sp³-hybridized carbons (Fsp3) is 0.348. The second-order valence-electron chi connectivity index (χ2n) is 7.22. The number of methoxy groups -OCH3 is 2. The Hall–Kier alpha value is -2.41. The molecule has 5 nitrogen and oxygen atoms in total. The minimum Gasteiger partial charge on any atom is -0.493 e. The molecule has 0 amide bonds. The van der Waals surface area contributed by atoms with Crippen molar-refractivity contribution < 1.29 is 9.47 Å². The van der Waals surface area contributed by atoms with Crippen molar-refractivity contribution in [2.75, 3.05) is 40.4 Å². The Kier molecular flexibility index (Phi) is 6.44. The molecule has 0 saturated carbocycles. The molecule has 0 aliphatic carbocycles. The molecule has 0 bridgehead atoms. The predicted octanol–water partition coefficient (Wildman–Crippen LogP) is 4.15. The summed E-state index contributed by atoms with van der Waals surface area (Å²) in [6.45, 7) is 6.25. The van der Waals surface area contributed by atoms with E-state index in [0.717, 1.165) is 67.0 Å². The van der Waals surface area contributed by atoms with Crippen LogP contribution >= 0.6 is 11.3 Å². The first-order valence-electron chi connectivity index (χ1n) is 9.91. The number of aromatic nitrogens is 1. The number of nitrogens with zero attached hydrogens (tertiary/aromatic N) is 3. The van der Waals surface area contributed by atoms with Crippen LogP contribution in [0.15, 0.2) is 53.9 Å². The SMILES string of the molecule is COc1cccc(-c2nc(CN3CCN(Cc4ccccc4)CC3)cs2)c1OC. The number of benzene rings is 2. The van der Waals surface area contributed by atoms with Crippen molar-refractivity contribution in [1.29, 1.82) is 0 Å². The summed E-state index contributed by atoms with van der Waals surface area (Å²) in [6, 6.07) is 16.6. The highest BCUT2D eigenvalue weighted by Gasteiger charge is 2.19. The Morgan fingerprint density at radius 3 is 2.28 bits per heavy atom. The van der Waals surface area contributed by atoms with E-state index in [2.05, 4.69) is 45.5 Å². The molecule has 0 unspecified atom stereocenters. The molecule has 1 fully saturated rings. The van der Waals surface area contributed by atoms with Crippen LogP contribution in [0, 0.1) is 0 Å². The molecule has 2 heterocycles. The third kappa shape index (κ3) is 4.78. The van der Waals surface area contributed by atoms with Crippen molar-refractivity contribution in [3.8, 4) is 22.1 Å². The standard InChI is InChI=1S/C23H27N3O2S/c1-27-21-10-6-9-20(22(21)28-2)23-24-19(17-29-23)16-26-13-11-25(12-14-26)15-18-7-4-3-5-8-18/h3-10,17H,11-16H2,1-2H3. The number of piperazine rings is 1. The first kappa shape index (κ1) is 19.9. The number of para-hydroxylation sites is 1. The van der Waals surface area contributed by atoms with Crippen molar-refractivity contribution in [2.24, 2.45) is 0 Å². The van der Waals surface area contributed by atoms with E-state index in [1.165, 1.54) is 5.56 Å². The molecule has 0 radical (unpaired) electrons. The maximum absolute atomic E-state index is 5.57. The minimum atomic E-state index is 0.733. The zero-order chi connectivity index (χ0) is 20.1. The van der Waals surface area contributed by atoms with E-state index in [9.17, 15) is 0 Å². The Bertz CT molecular complexity index is 921. The van der Waals surface area contributed by atoms with Gasteiger partial charge >= 0.3 is 0 Å². The minimum absolute atomic E-state index is 0.733. The van der Waals surface area contributed by atoms with Gasteiger partial charge in [0.1, 0.15) is 5.01 Å². The molecule has 0 atom stereocenters. The van der Waals surface area contributed by atoms with Gasteiger partial charge in [-0.15, -0.1) is 11.3 Å². The summed E-state index contributed by atoms with van der Waals surface area (Å²) in [5.74, 6) is 1.47. The van der Waals surface area contributed by atoms with Gasteiger partial charge in [-0.05, 0) is 17.7 Å². The number of thiazole rings is 1. The smallest absolute Gasteiger partial charge is 0.170 e. The van der Waals surface area contributed by atoms with Crippen molar-refractivity contribution >= 4 is 11.3 Å². The molecule has 1 aliphatic heterocycles. The molecule has 1 aliphatic rings. The zero-order valence-electron chi connectivity index (χ0n) is 17.0. The molecule has 2 aromatic carbocycles. The van der Waals surface area contributed by atoms with Gasteiger partial charge in [0.25, 0.3) is 0 Å². The van der Waals surface area contributed by atoms with Gasteiger partial charge in [0, 0.05) is 44.6 Å². The molecule has 152 valence electrons. The maximum atomic E-state index is 5.57. The van der Waals surface area contributed by atoms with Crippen LogP contribution in [0.5, 0.6) is 11.5 Å². The lowest BCUT2D eigenvalue weighted by molar-refractivity contribution is 0.121. The summed E-state index contributed by atoms with van der Waals surface area (Å²) in [7, 11) is 3.33. The molecule has 6 heteroatoms. The number of rotatable bonds is 7. The number of hydrogen-bond donors (Lipinski definition) is 0. The monoisotopic (exact) mass is 409 g/mol. The summed E-state index contributed by atoms with van der Waals surface area (Å²) < 4.78 is 11.0. The summed E-state index contributed by atoms with van der Waals surface area (Å²) in [4.78, 5) is 9.89. The normalized spacial score (nSPS) is 15.4. The quantitative estimate of drug-likeness (QED) is 0.586. The highest BCUT2D eigenvalue weighted by Crippen LogP contribution is 2.39. The van der Waals surface area contributed by atoms with Gasteiger partial charge in [0.05, 0.1) is 25.5 Å². The van der Waals surface area contributed by atoms with E-state index in [-0.39, 0.29) is 0 Å². The van der Waals surface area contributed by atoms with E-state index >= 15 is 0 Å². The first-order chi connectivity index (χ1) is 14.3. The Morgan fingerprint density at radius 1 is 0.862 bits per heavy atom. The Balaban J connectivity index is 1.36. The van der Waals surface area contributed by atoms with Crippen LogP contribution in [0.3, 0.4) is 0 Å². The predicted molar refractivity (Wildman–Crippen MR) is 118 cm³/mol. The fourth-order valence-electron chi connectivity index (χ4n) is 3.74. The van der Waals surface area contributed by atoms with Crippen LogP contribution < -0.4 is 9.47 Å². The van der Waals surface area contributed by atoms with Gasteiger partial charge in [-0.1, -0.05) is 36.4 Å². The van der Waals surface area contributed by atoms with E-state index in [1.54, 1.807) is 25.6 Å². The zero-order valence-corrected chi connectivity index (χ0v) is 17.8. The van der Waals surface area contributed by atoms with Crippen LogP contribution in [-0.2, 0) is 13.1 Å². The van der Waals surface area contributed by atoms with Gasteiger partial charge in [0.2, 0.25) is 0 Å². The van der Waals surface area contributed by atoms with Gasteiger partial charge < -0.3 is 9.47 Å². The molecular weight excluding hydrogens is 382 g/mol. The lowest BCUT2D eigenvalue weighted by Crippen LogP contribution is -2.45. The van der Waals surface area contributed by atoms with E-state index in [4.69, 9.17) is 14.5 Å². The molecule has 1 aromatic heterocycles. The summed E-state index contributed by atoms with van der Waals surface area (Å²) in [5, 5.41) is 3.13. The molecular formula is C23H27N3O2S. The van der Waals surface area contributed by atoms with E-state index in [1.807, 2.05) is 18.2 Å². The molecule has 29 heavy (non-hydrogen) atoms.